The molecule has 76 valence electrons. The molecule has 0 aliphatic rings. The second-order valence-electron chi connectivity index (χ2n) is 2.68. The number of benzene rings is 1. The molecule has 0 unspecified atom stereocenters. The largest absolute Gasteiger partial charge is 0.338 e. The van der Waals surface area contributed by atoms with Gasteiger partial charge in [-0.25, -0.2) is 4.79 Å². The third kappa shape index (κ3) is 2.96. The molecule has 2 amide bonds. The third-order valence-electron chi connectivity index (χ3n) is 1.69. The van der Waals surface area contributed by atoms with Crippen molar-refractivity contribution in [3.05, 3.63) is 24.3 Å². The number of nitrogens with one attached hydrogen (secondary N) is 2. The molecular formula is C10H14N2OS. The van der Waals surface area contributed by atoms with Crippen molar-refractivity contribution in [2.24, 2.45) is 0 Å². The van der Waals surface area contributed by atoms with Crippen molar-refractivity contribution in [2.75, 3.05) is 18.1 Å². The molecule has 0 aromatic heterocycles. The molecule has 0 atom stereocenters. The molecule has 0 fully saturated rings. The van der Waals surface area contributed by atoms with Crippen LogP contribution >= 0.6 is 11.8 Å². The second kappa shape index (κ2) is 5.54. The highest BCUT2D eigenvalue weighted by Crippen LogP contribution is 2.24. The Morgan fingerprint density at radius 1 is 1.43 bits per heavy atom. The van der Waals surface area contributed by atoms with Crippen molar-refractivity contribution < 1.29 is 4.79 Å². The van der Waals surface area contributed by atoms with Crippen LogP contribution in [0.5, 0.6) is 0 Å². The number of rotatable bonds is 3. The predicted molar refractivity (Wildman–Crippen MR) is 60.9 cm³/mol. The van der Waals surface area contributed by atoms with Gasteiger partial charge in [0.15, 0.2) is 0 Å². The van der Waals surface area contributed by atoms with E-state index in [-0.39, 0.29) is 6.03 Å². The molecule has 0 aliphatic heterocycles. The molecule has 1 aromatic rings. The Morgan fingerprint density at radius 2 is 2.14 bits per heavy atom. The van der Waals surface area contributed by atoms with E-state index in [9.17, 15) is 4.79 Å². The van der Waals surface area contributed by atoms with Crippen LogP contribution in [0, 0.1) is 0 Å². The molecule has 0 saturated carbocycles. The maximum Gasteiger partial charge on any atom is 0.319 e. The number of anilines is 1. The van der Waals surface area contributed by atoms with Crippen molar-refractivity contribution in [3.63, 3.8) is 0 Å². The van der Waals surface area contributed by atoms with Gasteiger partial charge < -0.3 is 10.6 Å². The van der Waals surface area contributed by atoms with Crippen LogP contribution in [-0.4, -0.2) is 18.8 Å². The zero-order chi connectivity index (χ0) is 10.4. The summed E-state index contributed by atoms with van der Waals surface area (Å²) in [5.41, 5.74) is 0.853. The Bertz CT molecular complexity index is 315. The van der Waals surface area contributed by atoms with Crippen LogP contribution in [0.2, 0.25) is 0 Å². The number of carbonyl (C=O) groups excluding carboxylic acids is 1. The highest BCUT2D eigenvalue weighted by Gasteiger charge is 2.03. The average molecular weight is 210 g/mol. The van der Waals surface area contributed by atoms with E-state index >= 15 is 0 Å². The van der Waals surface area contributed by atoms with Gasteiger partial charge >= 0.3 is 6.03 Å². The van der Waals surface area contributed by atoms with Crippen LogP contribution in [0.25, 0.3) is 0 Å². The van der Waals surface area contributed by atoms with Gasteiger partial charge in [-0.3, -0.25) is 0 Å². The second-order valence-corrected chi connectivity index (χ2v) is 3.53. The topological polar surface area (TPSA) is 41.1 Å². The van der Waals surface area contributed by atoms with Crippen molar-refractivity contribution in [1.29, 1.82) is 0 Å². The molecule has 4 heteroatoms. The Labute approximate surface area is 88.3 Å². The molecule has 0 bridgehead atoms. The first kappa shape index (κ1) is 10.9. The van der Waals surface area contributed by atoms with Gasteiger partial charge in [0.2, 0.25) is 0 Å². The monoisotopic (exact) mass is 210 g/mol. The van der Waals surface area contributed by atoms with E-state index in [4.69, 9.17) is 0 Å². The molecule has 0 radical (unpaired) electrons. The lowest BCUT2D eigenvalue weighted by Gasteiger charge is -2.08. The van der Waals surface area contributed by atoms with Gasteiger partial charge in [0, 0.05) is 11.4 Å². The van der Waals surface area contributed by atoms with E-state index in [1.165, 1.54) is 0 Å². The average Bonchev–Trinajstić information content (AvgIpc) is 2.19. The van der Waals surface area contributed by atoms with Crippen molar-refractivity contribution >= 4 is 23.5 Å². The summed E-state index contributed by atoms with van der Waals surface area (Å²) < 4.78 is 0. The quantitative estimate of drug-likeness (QED) is 0.753. The van der Waals surface area contributed by atoms with Crippen LogP contribution in [-0.2, 0) is 0 Å². The summed E-state index contributed by atoms with van der Waals surface area (Å²) in [5, 5.41) is 5.48. The van der Waals surface area contributed by atoms with Crippen molar-refractivity contribution in [3.8, 4) is 0 Å². The molecule has 0 heterocycles. The summed E-state index contributed by atoms with van der Waals surface area (Å²) in [5.74, 6) is 0. The van der Waals surface area contributed by atoms with E-state index < -0.39 is 0 Å². The minimum Gasteiger partial charge on any atom is -0.338 e. The maximum atomic E-state index is 11.2. The molecule has 0 spiro atoms. The molecule has 14 heavy (non-hydrogen) atoms. The highest BCUT2D eigenvalue weighted by atomic mass is 32.2. The summed E-state index contributed by atoms with van der Waals surface area (Å²) >= 11 is 1.61. The van der Waals surface area contributed by atoms with Gasteiger partial charge in [-0.15, -0.1) is 11.8 Å². The van der Waals surface area contributed by atoms with Gasteiger partial charge in [0.1, 0.15) is 0 Å². The fraction of sp³-hybridized carbons (Fsp3) is 0.300. The van der Waals surface area contributed by atoms with Gasteiger partial charge in [-0.2, -0.15) is 0 Å². The van der Waals surface area contributed by atoms with Crippen LogP contribution < -0.4 is 10.6 Å². The van der Waals surface area contributed by atoms with Gasteiger partial charge in [0.05, 0.1) is 5.69 Å². The number of para-hydroxylation sites is 1. The normalized spacial score (nSPS) is 9.57. The van der Waals surface area contributed by atoms with Gasteiger partial charge in [-0.05, 0) is 25.3 Å². The lowest BCUT2D eigenvalue weighted by atomic mass is 10.3. The number of hydrogen-bond donors (Lipinski definition) is 2. The zero-order valence-electron chi connectivity index (χ0n) is 8.33. The van der Waals surface area contributed by atoms with Crippen LogP contribution in [0.4, 0.5) is 10.5 Å². The van der Waals surface area contributed by atoms with Crippen LogP contribution in [0.15, 0.2) is 29.2 Å². The zero-order valence-corrected chi connectivity index (χ0v) is 9.15. The molecule has 0 aliphatic carbocycles. The SMILES string of the molecule is CCNC(=O)Nc1ccccc1SC. The van der Waals surface area contributed by atoms with Gasteiger partial charge in [-0.1, -0.05) is 12.1 Å². The molecule has 1 aromatic carbocycles. The highest BCUT2D eigenvalue weighted by molar-refractivity contribution is 7.98. The molecule has 0 saturated heterocycles. The fourth-order valence-electron chi connectivity index (χ4n) is 1.07. The summed E-state index contributed by atoms with van der Waals surface area (Å²) in [7, 11) is 0. The minimum atomic E-state index is -0.158. The Hall–Kier alpha value is -1.16. The maximum absolute atomic E-state index is 11.2. The van der Waals surface area contributed by atoms with Crippen molar-refractivity contribution in [1.82, 2.24) is 5.32 Å². The first-order valence-electron chi connectivity index (χ1n) is 4.45. The lowest BCUT2D eigenvalue weighted by molar-refractivity contribution is 0.252. The number of urea groups is 1. The summed E-state index contributed by atoms with van der Waals surface area (Å²) in [4.78, 5) is 12.3. The summed E-state index contributed by atoms with van der Waals surface area (Å²) in [6, 6.07) is 7.57. The predicted octanol–water partition coefficient (Wildman–Crippen LogP) is 2.55. The summed E-state index contributed by atoms with van der Waals surface area (Å²) in [6.07, 6.45) is 1.98. The third-order valence-corrected chi connectivity index (χ3v) is 2.49. The number of hydrogen-bond acceptors (Lipinski definition) is 2. The van der Waals surface area contributed by atoms with Crippen molar-refractivity contribution in [2.45, 2.75) is 11.8 Å². The fourth-order valence-corrected chi connectivity index (χ4v) is 1.63. The number of carbonyl (C=O) groups is 1. The van der Waals surface area contributed by atoms with Gasteiger partial charge in [0.25, 0.3) is 0 Å². The standard InChI is InChI=1S/C10H14N2OS/c1-3-11-10(13)12-8-6-4-5-7-9(8)14-2/h4-7H,3H2,1-2H3,(H2,11,12,13). The first-order valence-corrected chi connectivity index (χ1v) is 5.68. The Morgan fingerprint density at radius 3 is 2.79 bits per heavy atom. The number of thioether (sulfide) groups is 1. The van der Waals surface area contributed by atoms with E-state index in [1.807, 2.05) is 37.4 Å². The molecular weight excluding hydrogens is 196 g/mol. The Balaban J connectivity index is 2.70. The number of amides is 2. The summed E-state index contributed by atoms with van der Waals surface area (Å²) in [6.45, 7) is 2.52. The minimum absolute atomic E-state index is 0.158. The molecule has 2 N–H and O–H groups in total. The smallest absolute Gasteiger partial charge is 0.319 e. The van der Waals surface area contributed by atoms with E-state index in [0.29, 0.717) is 6.54 Å². The van der Waals surface area contributed by atoms with E-state index in [2.05, 4.69) is 10.6 Å². The Kier molecular flexibility index (Phi) is 4.32. The lowest BCUT2D eigenvalue weighted by Crippen LogP contribution is -2.28. The van der Waals surface area contributed by atoms with Crippen LogP contribution in [0.3, 0.4) is 0 Å². The van der Waals surface area contributed by atoms with E-state index in [1.54, 1.807) is 11.8 Å². The van der Waals surface area contributed by atoms with E-state index in [0.717, 1.165) is 10.6 Å². The molecule has 3 nitrogen and oxygen atoms in total. The van der Waals surface area contributed by atoms with Crippen LogP contribution in [0.1, 0.15) is 6.92 Å². The first-order chi connectivity index (χ1) is 6.77. The molecule has 1 rings (SSSR count).